The monoisotopic (exact) mass is 573 g/mol. The van der Waals surface area contributed by atoms with Crippen LogP contribution in [0.2, 0.25) is 10.0 Å². The largest absolute Gasteiger partial charge is 0.505 e. The molecule has 0 spiro atoms. The Morgan fingerprint density at radius 3 is 2.42 bits per heavy atom. The predicted octanol–water partition coefficient (Wildman–Crippen LogP) is 7.34. The van der Waals surface area contributed by atoms with E-state index in [1.165, 1.54) is 31.4 Å². The van der Waals surface area contributed by atoms with Crippen LogP contribution in [0, 0.1) is 0 Å². The van der Waals surface area contributed by atoms with Crippen molar-refractivity contribution in [1.82, 2.24) is 0 Å². The first-order chi connectivity index (χ1) is 18.0. The fourth-order valence-electron chi connectivity index (χ4n) is 3.89. The fourth-order valence-corrected chi connectivity index (χ4v) is 5.51. The second kappa shape index (κ2) is 11.0. The van der Waals surface area contributed by atoms with Crippen LogP contribution in [0.3, 0.4) is 0 Å². The number of rotatable bonds is 7. The molecule has 0 aliphatic carbocycles. The van der Waals surface area contributed by atoms with E-state index in [9.17, 15) is 22.9 Å². The van der Waals surface area contributed by atoms with E-state index < -0.39 is 26.7 Å². The quantitative estimate of drug-likeness (QED) is 0.156. The molecule has 0 aromatic heterocycles. The number of carbonyl (C=O) groups excluding carboxylic acids is 1. The van der Waals surface area contributed by atoms with Gasteiger partial charge in [-0.3, -0.25) is 9.35 Å². The molecule has 0 bridgehead atoms. The van der Waals surface area contributed by atoms with Crippen LogP contribution in [-0.4, -0.2) is 31.1 Å². The molecule has 196 valence electrons. The lowest BCUT2D eigenvalue weighted by Crippen LogP contribution is -2.12. The van der Waals surface area contributed by atoms with Gasteiger partial charge in [-0.15, -0.1) is 5.11 Å². The third-order valence-electron chi connectivity index (χ3n) is 5.66. The number of ether oxygens (including phenoxy) is 1. The molecule has 0 unspecified atom stereocenters. The van der Waals surface area contributed by atoms with Crippen LogP contribution in [0.15, 0.2) is 75.8 Å². The lowest BCUT2D eigenvalue weighted by molar-refractivity contribution is 0.102. The third-order valence-corrected chi connectivity index (χ3v) is 7.36. The van der Waals surface area contributed by atoms with Gasteiger partial charge in [0.05, 0.1) is 28.4 Å². The molecule has 0 saturated carbocycles. The van der Waals surface area contributed by atoms with E-state index in [-0.39, 0.29) is 33.9 Å². The van der Waals surface area contributed by atoms with Crippen molar-refractivity contribution in [3.63, 3.8) is 0 Å². The highest BCUT2D eigenvalue weighted by molar-refractivity contribution is 7.86. The van der Waals surface area contributed by atoms with Gasteiger partial charge in [0.15, 0.2) is 5.75 Å². The molecule has 12 heteroatoms. The molecule has 0 heterocycles. The summed E-state index contributed by atoms with van der Waals surface area (Å²) in [6.45, 7) is 1.69. The Labute approximate surface area is 228 Å². The molecule has 4 aromatic rings. The Morgan fingerprint density at radius 1 is 1.03 bits per heavy atom. The first-order valence-corrected chi connectivity index (χ1v) is 13.3. The average molecular weight is 574 g/mol. The number of aryl methyl sites for hydroxylation is 1. The van der Waals surface area contributed by atoms with Crippen molar-refractivity contribution in [2.45, 2.75) is 18.2 Å². The number of azo groups is 1. The Bertz CT molecular complexity index is 1710. The predicted molar refractivity (Wildman–Crippen MR) is 146 cm³/mol. The van der Waals surface area contributed by atoms with E-state index in [0.717, 1.165) is 0 Å². The Kier molecular flexibility index (Phi) is 7.89. The molecule has 0 aliphatic rings. The Hall–Kier alpha value is -3.70. The van der Waals surface area contributed by atoms with Crippen LogP contribution in [0.4, 0.5) is 17.1 Å². The zero-order valence-electron chi connectivity index (χ0n) is 20.1. The van der Waals surface area contributed by atoms with E-state index in [1.54, 1.807) is 43.3 Å². The molecule has 0 aliphatic heterocycles. The van der Waals surface area contributed by atoms with Gasteiger partial charge in [0.2, 0.25) is 0 Å². The maximum absolute atomic E-state index is 13.1. The van der Waals surface area contributed by atoms with Gasteiger partial charge in [-0.05, 0) is 53.8 Å². The number of benzene rings is 4. The van der Waals surface area contributed by atoms with E-state index in [0.29, 0.717) is 27.2 Å². The van der Waals surface area contributed by atoms with Gasteiger partial charge in [0.25, 0.3) is 16.0 Å². The second-order valence-corrected chi connectivity index (χ2v) is 10.3. The van der Waals surface area contributed by atoms with Gasteiger partial charge in [-0.25, -0.2) is 0 Å². The topological polar surface area (TPSA) is 138 Å². The number of nitrogens with one attached hydrogen (secondary N) is 1. The zero-order chi connectivity index (χ0) is 27.6. The highest BCUT2D eigenvalue weighted by Gasteiger charge is 2.21. The first-order valence-electron chi connectivity index (χ1n) is 11.1. The number of phenols is 1. The SMILES string of the molecule is CCc1cc(N=Nc2c(O)c(C(=O)Nc3ccc(OC)c(Cl)c3)cc3ccccc23)cc(Cl)c1S(=O)(=O)O. The molecular formula is C26H21Cl2N3O6S. The Balaban J connectivity index is 1.77. The van der Waals surface area contributed by atoms with Crippen molar-refractivity contribution in [2.75, 3.05) is 12.4 Å². The van der Waals surface area contributed by atoms with Crippen molar-refractivity contribution < 1.29 is 27.6 Å². The minimum Gasteiger partial charge on any atom is -0.505 e. The molecule has 9 nitrogen and oxygen atoms in total. The Morgan fingerprint density at radius 2 is 1.76 bits per heavy atom. The summed E-state index contributed by atoms with van der Waals surface area (Å²) in [5.74, 6) is -0.586. The number of amides is 1. The number of hydrogen-bond acceptors (Lipinski definition) is 7. The summed E-state index contributed by atoms with van der Waals surface area (Å²) in [5.41, 5.74) is 0.782. The van der Waals surface area contributed by atoms with Crippen molar-refractivity contribution >= 4 is 67.1 Å². The zero-order valence-corrected chi connectivity index (χ0v) is 22.4. The summed E-state index contributed by atoms with van der Waals surface area (Å²) in [6, 6.07) is 15.9. The molecule has 0 fully saturated rings. The molecule has 1 amide bonds. The van der Waals surface area contributed by atoms with E-state index in [1.807, 2.05) is 0 Å². The summed E-state index contributed by atoms with van der Waals surface area (Å²) < 4.78 is 38.1. The third kappa shape index (κ3) is 5.58. The van der Waals surface area contributed by atoms with Crippen LogP contribution < -0.4 is 10.1 Å². The van der Waals surface area contributed by atoms with Gasteiger partial charge in [-0.1, -0.05) is 54.4 Å². The van der Waals surface area contributed by atoms with Crippen molar-refractivity contribution in [1.29, 1.82) is 0 Å². The van der Waals surface area contributed by atoms with Crippen LogP contribution in [-0.2, 0) is 16.5 Å². The molecule has 0 radical (unpaired) electrons. The number of phenolic OH excluding ortho intramolecular Hbond substituents is 1. The lowest BCUT2D eigenvalue weighted by atomic mass is 10.0. The first kappa shape index (κ1) is 27.3. The van der Waals surface area contributed by atoms with Gasteiger partial charge in [-0.2, -0.15) is 13.5 Å². The summed E-state index contributed by atoms with van der Waals surface area (Å²) in [5, 5.41) is 23.3. The summed E-state index contributed by atoms with van der Waals surface area (Å²) in [7, 11) is -3.07. The molecule has 0 atom stereocenters. The summed E-state index contributed by atoms with van der Waals surface area (Å²) in [6.07, 6.45) is 0.247. The van der Waals surface area contributed by atoms with Gasteiger partial charge in [0.1, 0.15) is 16.3 Å². The molecule has 4 rings (SSSR count). The molecule has 0 saturated heterocycles. The van der Waals surface area contributed by atoms with Crippen molar-refractivity contribution in [2.24, 2.45) is 10.2 Å². The number of halogens is 2. The number of carbonyl (C=O) groups is 1. The number of fused-ring (bicyclic) bond motifs is 1. The highest BCUT2D eigenvalue weighted by Crippen LogP contribution is 2.40. The number of hydrogen-bond donors (Lipinski definition) is 3. The summed E-state index contributed by atoms with van der Waals surface area (Å²) in [4.78, 5) is 12.7. The van der Waals surface area contributed by atoms with Gasteiger partial charge >= 0.3 is 0 Å². The van der Waals surface area contributed by atoms with E-state index in [2.05, 4.69) is 15.5 Å². The fraction of sp³-hybridized carbons (Fsp3) is 0.115. The molecule has 38 heavy (non-hydrogen) atoms. The number of anilines is 1. The lowest BCUT2D eigenvalue weighted by Gasteiger charge is -2.12. The second-order valence-electron chi connectivity index (χ2n) is 8.09. The van der Waals surface area contributed by atoms with Crippen LogP contribution in [0.1, 0.15) is 22.8 Å². The summed E-state index contributed by atoms with van der Waals surface area (Å²) >= 11 is 12.3. The standard InChI is InChI=1S/C26H21Cl2N3O6S/c1-3-14-10-17(13-21(28)25(14)38(34,35)36)30-31-23-18-7-5-4-6-15(18)11-19(24(23)32)26(33)29-16-8-9-22(37-2)20(27)12-16/h4-13,32H,3H2,1-2H3,(H,29,33)(H,34,35,36). The van der Waals surface area contributed by atoms with Crippen molar-refractivity contribution in [3.05, 3.63) is 81.8 Å². The molecular weight excluding hydrogens is 553 g/mol. The smallest absolute Gasteiger partial charge is 0.296 e. The van der Waals surface area contributed by atoms with E-state index >= 15 is 0 Å². The molecule has 3 N–H and O–H groups in total. The van der Waals surface area contributed by atoms with Crippen molar-refractivity contribution in [3.8, 4) is 11.5 Å². The maximum atomic E-state index is 13.1. The number of methoxy groups -OCH3 is 1. The van der Waals surface area contributed by atoms with Crippen LogP contribution >= 0.6 is 23.2 Å². The average Bonchev–Trinajstić information content (AvgIpc) is 2.86. The minimum atomic E-state index is -4.55. The highest BCUT2D eigenvalue weighted by atomic mass is 35.5. The maximum Gasteiger partial charge on any atom is 0.296 e. The normalized spacial score (nSPS) is 11.7. The van der Waals surface area contributed by atoms with Crippen LogP contribution in [0.25, 0.3) is 10.8 Å². The number of nitrogens with zero attached hydrogens (tertiary/aromatic N) is 2. The number of aromatic hydroxyl groups is 1. The minimum absolute atomic E-state index is 0.0223. The van der Waals surface area contributed by atoms with E-state index in [4.69, 9.17) is 27.9 Å². The molecule has 4 aromatic carbocycles. The van der Waals surface area contributed by atoms with Gasteiger partial charge in [0, 0.05) is 11.1 Å². The van der Waals surface area contributed by atoms with Gasteiger partial charge < -0.3 is 15.2 Å². The van der Waals surface area contributed by atoms with Crippen LogP contribution in [0.5, 0.6) is 11.5 Å².